The standard InChI is InChI=1S/C21H30N2O3.C2HF3O2/c24-20(17-5-2-1-3-6-17)22-15-19-7-4-10-21(26-19)11-12-23(16-21)18-8-13-25-14-9-18;3-2(4,5)1(6)7/h1-3,5-6,18-19H,4,7-16H2,(H,22,24);(H,6,7)/t19-,21-;/m1./s1. The number of rotatable bonds is 4. The number of carboxylic acid groups (broad SMARTS) is 1. The Morgan fingerprint density at radius 2 is 1.79 bits per heavy atom. The number of likely N-dealkylation sites (tertiary alicyclic amines) is 1. The first-order valence-corrected chi connectivity index (χ1v) is 11.3. The second-order valence-electron chi connectivity index (χ2n) is 8.76. The zero-order valence-corrected chi connectivity index (χ0v) is 18.5. The maximum Gasteiger partial charge on any atom is 0.490 e. The van der Waals surface area contributed by atoms with Crippen molar-refractivity contribution in [2.24, 2.45) is 0 Å². The molecule has 7 nitrogen and oxygen atoms in total. The predicted molar refractivity (Wildman–Crippen MR) is 114 cm³/mol. The molecule has 1 aromatic rings. The highest BCUT2D eigenvalue weighted by Crippen LogP contribution is 2.38. The van der Waals surface area contributed by atoms with Gasteiger partial charge in [-0.3, -0.25) is 9.69 Å². The molecule has 2 atom stereocenters. The molecule has 3 aliphatic heterocycles. The van der Waals surface area contributed by atoms with Gasteiger partial charge in [-0.05, 0) is 50.7 Å². The van der Waals surface area contributed by atoms with Gasteiger partial charge in [-0.15, -0.1) is 0 Å². The minimum Gasteiger partial charge on any atom is -0.475 e. The van der Waals surface area contributed by atoms with Crippen LogP contribution in [0.4, 0.5) is 13.2 Å². The summed E-state index contributed by atoms with van der Waals surface area (Å²) in [6, 6.07) is 10.1. The zero-order valence-electron chi connectivity index (χ0n) is 18.5. The summed E-state index contributed by atoms with van der Waals surface area (Å²) >= 11 is 0. The first kappa shape index (κ1) is 25.5. The normalized spacial score (nSPS) is 26.5. The number of aliphatic carboxylic acids is 1. The molecule has 4 rings (SSSR count). The van der Waals surface area contributed by atoms with E-state index in [4.69, 9.17) is 19.4 Å². The van der Waals surface area contributed by atoms with E-state index in [9.17, 15) is 18.0 Å². The molecule has 1 aromatic carbocycles. The number of nitrogens with one attached hydrogen (secondary N) is 1. The molecule has 33 heavy (non-hydrogen) atoms. The van der Waals surface area contributed by atoms with Crippen molar-refractivity contribution in [3.8, 4) is 0 Å². The first-order chi connectivity index (χ1) is 15.7. The fourth-order valence-corrected chi connectivity index (χ4v) is 4.70. The molecule has 1 amide bonds. The van der Waals surface area contributed by atoms with Gasteiger partial charge in [0, 0.05) is 44.5 Å². The highest BCUT2D eigenvalue weighted by Gasteiger charge is 2.44. The van der Waals surface area contributed by atoms with Crippen molar-refractivity contribution in [1.29, 1.82) is 0 Å². The fourth-order valence-electron chi connectivity index (χ4n) is 4.70. The van der Waals surface area contributed by atoms with E-state index in [0.717, 1.165) is 58.4 Å². The summed E-state index contributed by atoms with van der Waals surface area (Å²) in [6.07, 6.45) is 1.83. The maximum absolute atomic E-state index is 12.3. The molecule has 2 N–H and O–H groups in total. The Morgan fingerprint density at radius 3 is 2.42 bits per heavy atom. The Balaban J connectivity index is 0.000000383. The number of hydrogen-bond donors (Lipinski definition) is 2. The number of hydrogen-bond acceptors (Lipinski definition) is 5. The monoisotopic (exact) mass is 472 g/mol. The number of ether oxygens (including phenoxy) is 2. The van der Waals surface area contributed by atoms with Crippen molar-refractivity contribution < 1.29 is 37.3 Å². The lowest BCUT2D eigenvalue weighted by Gasteiger charge is -2.40. The third-order valence-electron chi connectivity index (χ3n) is 6.40. The van der Waals surface area contributed by atoms with Gasteiger partial charge >= 0.3 is 12.1 Å². The van der Waals surface area contributed by atoms with E-state index < -0.39 is 12.1 Å². The van der Waals surface area contributed by atoms with E-state index in [1.807, 2.05) is 30.3 Å². The van der Waals surface area contributed by atoms with Crippen LogP contribution in [0, 0.1) is 0 Å². The molecule has 0 unspecified atom stereocenters. The SMILES string of the molecule is O=C(NC[C@H]1CCC[C@]2(CCN(C3CCOCC3)C2)O1)c1ccccc1.O=C(O)C(F)(F)F. The second-order valence-corrected chi connectivity index (χ2v) is 8.76. The van der Waals surface area contributed by atoms with Crippen LogP contribution in [0.3, 0.4) is 0 Å². The highest BCUT2D eigenvalue weighted by atomic mass is 19.4. The molecule has 3 aliphatic rings. The molecular formula is C23H31F3N2O5. The summed E-state index contributed by atoms with van der Waals surface area (Å²) in [5, 5.41) is 10.2. The van der Waals surface area contributed by atoms with Crippen LogP contribution in [0.15, 0.2) is 30.3 Å². The van der Waals surface area contributed by atoms with Gasteiger partial charge < -0.3 is 19.9 Å². The Kier molecular flexibility index (Phi) is 8.72. The summed E-state index contributed by atoms with van der Waals surface area (Å²) in [5.41, 5.74) is 0.711. The molecule has 0 saturated carbocycles. The zero-order chi connectivity index (χ0) is 23.9. The number of benzene rings is 1. The van der Waals surface area contributed by atoms with E-state index in [-0.39, 0.29) is 17.6 Å². The Morgan fingerprint density at radius 1 is 1.12 bits per heavy atom. The molecule has 0 aliphatic carbocycles. The van der Waals surface area contributed by atoms with E-state index in [1.54, 1.807) is 0 Å². The minimum atomic E-state index is -5.08. The molecule has 3 fully saturated rings. The van der Waals surface area contributed by atoms with E-state index in [2.05, 4.69) is 10.2 Å². The summed E-state index contributed by atoms with van der Waals surface area (Å²) in [4.78, 5) is 23.8. The average molecular weight is 473 g/mol. The van der Waals surface area contributed by atoms with Crippen molar-refractivity contribution in [1.82, 2.24) is 10.2 Å². The third kappa shape index (κ3) is 7.41. The summed E-state index contributed by atoms with van der Waals surface area (Å²) in [7, 11) is 0. The van der Waals surface area contributed by atoms with Crippen molar-refractivity contribution in [3.05, 3.63) is 35.9 Å². The van der Waals surface area contributed by atoms with Crippen molar-refractivity contribution in [2.45, 2.75) is 62.4 Å². The van der Waals surface area contributed by atoms with Gasteiger partial charge in [0.2, 0.25) is 0 Å². The van der Waals surface area contributed by atoms with E-state index >= 15 is 0 Å². The number of nitrogens with zero attached hydrogens (tertiary/aromatic N) is 1. The third-order valence-corrected chi connectivity index (χ3v) is 6.40. The van der Waals surface area contributed by atoms with Crippen LogP contribution in [0.25, 0.3) is 0 Å². The van der Waals surface area contributed by atoms with Crippen LogP contribution in [0.5, 0.6) is 0 Å². The minimum absolute atomic E-state index is 0.00129. The van der Waals surface area contributed by atoms with E-state index in [0.29, 0.717) is 18.2 Å². The summed E-state index contributed by atoms with van der Waals surface area (Å²) in [6.45, 7) is 4.56. The molecule has 0 aromatic heterocycles. The summed E-state index contributed by atoms with van der Waals surface area (Å²) < 4.78 is 43.8. The lowest BCUT2D eigenvalue weighted by molar-refractivity contribution is -0.192. The molecule has 0 radical (unpaired) electrons. The maximum atomic E-state index is 12.3. The number of halogens is 3. The van der Waals surface area contributed by atoms with Crippen molar-refractivity contribution in [3.63, 3.8) is 0 Å². The van der Waals surface area contributed by atoms with Gasteiger partial charge in [-0.25, -0.2) is 4.79 Å². The number of alkyl halides is 3. The van der Waals surface area contributed by atoms with Gasteiger partial charge in [0.05, 0.1) is 11.7 Å². The topological polar surface area (TPSA) is 88.1 Å². The van der Waals surface area contributed by atoms with E-state index in [1.165, 1.54) is 6.42 Å². The van der Waals surface area contributed by atoms with Gasteiger partial charge in [-0.1, -0.05) is 18.2 Å². The molecule has 3 saturated heterocycles. The fraction of sp³-hybridized carbons (Fsp3) is 0.652. The van der Waals surface area contributed by atoms with Crippen LogP contribution in [-0.2, 0) is 14.3 Å². The van der Waals surface area contributed by atoms with Gasteiger partial charge in [0.25, 0.3) is 5.91 Å². The van der Waals surface area contributed by atoms with Gasteiger partial charge in [0.1, 0.15) is 0 Å². The Labute approximate surface area is 191 Å². The molecule has 0 bridgehead atoms. The van der Waals surface area contributed by atoms with Crippen molar-refractivity contribution in [2.75, 3.05) is 32.8 Å². The lowest BCUT2D eigenvalue weighted by atomic mass is 9.90. The Bertz CT molecular complexity index is 786. The van der Waals surface area contributed by atoms with Crippen molar-refractivity contribution >= 4 is 11.9 Å². The van der Waals surface area contributed by atoms with Crippen LogP contribution < -0.4 is 5.32 Å². The molecule has 3 heterocycles. The van der Waals surface area contributed by atoms with Crippen LogP contribution in [0.1, 0.15) is 48.9 Å². The molecule has 1 spiro atoms. The number of amides is 1. The Hall–Kier alpha value is -2.17. The van der Waals surface area contributed by atoms with Crippen LogP contribution >= 0.6 is 0 Å². The number of carboxylic acids is 1. The van der Waals surface area contributed by atoms with Crippen LogP contribution in [0.2, 0.25) is 0 Å². The quantitative estimate of drug-likeness (QED) is 0.700. The largest absolute Gasteiger partial charge is 0.490 e. The summed E-state index contributed by atoms with van der Waals surface area (Å²) in [5.74, 6) is -2.77. The van der Waals surface area contributed by atoms with Crippen LogP contribution in [-0.4, -0.2) is 78.7 Å². The highest BCUT2D eigenvalue weighted by molar-refractivity contribution is 5.94. The van der Waals surface area contributed by atoms with Gasteiger partial charge in [0.15, 0.2) is 0 Å². The molecule has 10 heteroatoms. The number of carbonyl (C=O) groups is 2. The predicted octanol–water partition coefficient (Wildman–Crippen LogP) is 3.24. The lowest BCUT2D eigenvalue weighted by Crippen LogP contribution is -2.48. The average Bonchev–Trinajstić information content (AvgIpc) is 3.21. The molecule has 184 valence electrons. The second kappa shape index (κ2) is 11.3. The smallest absolute Gasteiger partial charge is 0.475 e. The number of carbonyl (C=O) groups excluding carboxylic acids is 1. The molecular weight excluding hydrogens is 441 g/mol. The first-order valence-electron chi connectivity index (χ1n) is 11.3. The van der Waals surface area contributed by atoms with Gasteiger partial charge in [-0.2, -0.15) is 13.2 Å².